The van der Waals surface area contributed by atoms with Crippen molar-refractivity contribution in [3.8, 4) is 0 Å². The van der Waals surface area contributed by atoms with Crippen molar-refractivity contribution in [3.63, 3.8) is 0 Å². The molecule has 13 heavy (non-hydrogen) atoms. The number of rotatable bonds is 2. The SMILES string of the molecule is CC1C(C)S(=O)CCN1CC(F)F. The Morgan fingerprint density at radius 3 is 2.69 bits per heavy atom. The average Bonchev–Trinajstić information content (AvgIpc) is 2.06. The first-order valence-electron chi connectivity index (χ1n) is 4.41. The monoisotopic (exact) mass is 211 g/mol. The van der Waals surface area contributed by atoms with Crippen LogP contribution in [-0.4, -0.2) is 45.7 Å². The molecule has 1 heterocycles. The summed E-state index contributed by atoms with van der Waals surface area (Å²) in [4.78, 5) is 1.72. The van der Waals surface area contributed by atoms with Crippen molar-refractivity contribution < 1.29 is 13.0 Å². The fraction of sp³-hybridized carbons (Fsp3) is 1.00. The molecule has 0 aromatic carbocycles. The van der Waals surface area contributed by atoms with Crippen molar-refractivity contribution in [1.29, 1.82) is 0 Å². The van der Waals surface area contributed by atoms with Gasteiger partial charge >= 0.3 is 0 Å². The fourth-order valence-electron chi connectivity index (χ4n) is 1.55. The van der Waals surface area contributed by atoms with Crippen molar-refractivity contribution in [2.24, 2.45) is 0 Å². The van der Waals surface area contributed by atoms with Crippen molar-refractivity contribution >= 4 is 10.8 Å². The van der Waals surface area contributed by atoms with E-state index in [1.165, 1.54) is 0 Å². The van der Waals surface area contributed by atoms with Crippen LogP contribution >= 0.6 is 0 Å². The topological polar surface area (TPSA) is 20.3 Å². The molecular formula is C8H15F2NOS. The lowest BCUT2D eigenvalue weighted by atomic mass is 10.2. The Labute approximate surface area is 79.8 Å². The Morgan fingerprint density at radius 1 is 1.54 bits per heavy atom. The Balaban J connectivity index is 2.53. The van der Waals surface area contributed by atoms with Gasteiger partial charge in [-0.3, -0.25) is 9.11 Å². The molecule has 1 saturated heterocycles. The van der Waals surface area contributed by atoms with E-state index in [2.05, 4.69) is 0 Å². The van der Waals surface area contributed by atoms with E-state index in [1.54, 1.807) is 4.90 Å². The molecule has 5 heteroatoms. The Morgan fingerprint density at radius 2 is 2.15 bits per heavy atom. The normalized spacial score (nSPS) is 36.8. The number of hydrogen-bond acceptors (Lipinski definition) is 2. The number of halogens is 2. The van der Waals surface area contributed by atoms with Gasteiger partial charge in [0.05, 0.1) is 6.54 Å². The number of alkyl halides is 2. The molecule has 0 N–H and O–H groups in total. The number of nitrogens with zero attached hydrogens (tertiary/aromatic N) is 1. The smallest absolute Gasteiger partial charge is 0.251 e. The summed E-state index contributed by atoms with van der Waals surface area (Å²) in [5.41, 5.74) is 0. The van der Waals surface area contributed by atoms with Gasteiger partial charge in [0.1, 0.15) is 0 Å². The Bertz CT molecular complexity index is 201. The molecule has 1 aliphatic heterocycles. The lowest BCUT2D eigenvalue weighted by molar-refractivity contribution is 0.0703. The van der Waals surface area contributed by atoms with E-state index in [9.17, 15) is 13.0 Å². The highest BCUT2D eigenvalue weighted by atomic mass is 32.2. The number of hydrogen-bond donors (Lipinski definition) is 0. The van der Waals surface area contributed by atoms with Gasteiger partial charge in [0.25, 0.3) is 6.43 Å². The summed E-state index contributed by atoms with van der Waals surface area (Å²) in [6, 6.07) is 0.00332. The first-order chi connectivity index (χ1) is 6.02. The third kappa shape index (κ3) is 2.71. The van der Waals surface area contributed by atoms with Crippen LogP contribution in [0.3, 0.4) is 0 Å². The van der Waals surface area contributed by atoms with Crippen molar-refractivity contribution in [2.75, 3.05) is 18.8 Å². The molecular weight excluding hydrogens is 196 g/mol. The summed E-state index contributed by atoms with van der Waals surface area (Å²) in [6.07, 6.45) is -2.29. The van der Waals surface area contributed by atoms with E-state index in [0.717, 1.165) is 0 Å². The van der Waals surface area contributed by atoms with Gasteiger partial charge in [-0.25, -0.2) is 8.78 Å². The van der Waals surface area contributed by atoms with Gasteiger partial charge in [0.15, 0.2) is 0 Å². The maximum atomic E-state index is 12.1. The quantitative estimate of drug-likeness (QED) is 0.681. The summed E-state index contributed by atoms with van der Waals surface area (Å²) >= 11 is 0. The van der Waals surface area contributed by atoms with E-state index in [-0.39, 0.29) is 17.8 Å². The molecule has 0 bridgehead atoms. The van der Waals surface area contributed by atoms with E-state index in [0.29, 0.717) is 12.3 Å². The largest absolute Gasteiger partial charge is 0.293 e. The molecule has 0 saturated carbocycles. The van der Waals surface area contributed by atoms with Crippen LogP contribution in [0.2, 0.25) is 0 Å². The zero-order valence-corrected chi connectivity index (χ0v) is 8.69. The standard InChI is InChI=1S/C8H15F2NOS/c1-6-7(2)13(12)4-3-11(6)5-8(9)10/h6-8H,3-5H2,1-2H3. The van der Waals surface area contributed by atoms with Gasteiger partial charge in [-0.15, -0.1) is 0 Å². The predicted octanol–water partition coefficient (Wildman–Crippen LogP) is 1.09. The molecule has 0 aromatic heterocycles. The molecule has 3 unspecified atom stereocenters. The van der Waals surface area contributed by atoms with E-state index < -0.39 is 17.2 Å². The molecule has 0 aromatic rings. The highest BCUT2D eigenvalue weighted by molar-refractivity contribution is 7.85. The van der Waals surface area contributed by atoms with Gasteiger partial charge in [-0.05, 0) is 13.8 Å². The molecule has 0 radical (unpaired) electrons. The molecule has 1 rings (SSSR count). The first-order valence-corrected chi connectivity index (χ1v) is 5.80. The molecule has 0 amide bonds. The van der Waals surface area contributed by atoms with E-state index in [4.69, 9.17) is 0 Å². The van der Waals surface area contributed by atoms with Crippen LogP contribution in [0.25, 0.3) is 0 Å². The first kappa shape index (κ1) is 11.0. The lowest BCUT2D eigenvalue weighted by Gasteiger charge is -2.36. The van der Waals surface area contributed by atoms with Crippen LogP contribution in [-0.2, 0) is 10.8 Å². The van der Waals surface area contributed by atoms with Crippen LogP contribution in [0.15, 0.2) is 0 Å². The van der Waals surface area contributed by atoms with Gasteiger partial charge in [0, 0.05) is 34.4 Å². The van der Waals surface area contributed by atoms with Gasteiger partial charge in [-0.1, -0.05) is 0 Å². The van der Waals surface area contributed by atoms with Crippen molar-refractivity contribution in [1.82, 2.24) is 4.90 Å². The molecule has 78 valence electrons. The highest BCUT2D eigenvalue weighted by Gasteiger charge is 2.30. The molecule has 3 atom stereocenters. The average molecular weight is 211 g/mol. The highest BCUT2D eigenvalue weighted by Crippen LogP contribution is 2.17. The zero-order valence-electron chi connectivity index (χ0n) is 7.87. The predicted molar refractivity (Wildman–Crippen MR) is 49.5 cm³/mol. The van der Waals surface area contributed by atoms with Gasteiger partial charge < -0.3 is 0 Å². The van der Waals surface area contributed by atoms with E-state index >= 15 is 0 Å². The van der Waals surface area contributed by atoms with Gasteiger partial charge in [-0.2, -0.15) is 0 Å². The van der Waals surface area contributed by atoms with Crippen LogP contribution in [0, 0.1) is 0 Å². The van der Waals surface area contributed by atoms with Crippen LogP contribution < -0.4 is 0 Å². The molecule has 1 aliphatic rings. The molecule has 0 aliphatic carbocycles. The summed E-state index contributed by atoms with van der Waals surface area (Å²) in [7, 11) is -0.837. The minimum atomic E-state index is -2.29. The fourth-order valence-corrected chi connectivity index (χ4v) is 2.95. The molecule has 2 nitrogen and oxygen atoms in total. The second-order valence-corrected chi connectivity index (χ2v) is 5.33. The minimum absolute atomic E-state index is 0.00332. The maximum Gasteiger partial charge on any atom is 0.251 e. The van der Waals surface area contributed by atoms with E-state index in [1.807, 2.05) is 13.8 Å². The summed E-state index contributed by atoms with van der Waals surface area (Å²) in [6.45, 7) is 4.06. The molecule has 1 fully saturated rings. The summed E-state index contributed by atoms with van der Waals surface area (Å²) in [5, 5.41) is 0.00694. The summed E-state index contributed by atoms with van der Waals surface area (Å²) < 4.78 is 35.5. The minimum Gasteiger partial charge on any atom is -0.293 e. The lowest BCUT2D eigenvalue weighted by Crippen LogP contribution is -2.51. The molecule has 0 spiro atoms. The second kappa shape index (κ2) is 4.46. The third-order valence-electron chi connectivity index (χ3n) is 2.62. The van der Waals surface area contributed by atoms with Crippen molar-refractivity contribution in [2.45, 2.75) is 31.6 Å². The maximum absolute atomic E-state index is 12.1. The summed E-state index contributed by atoms with van der Waals surface area (Å²) in [5.74, 6) is 0.526. The van der Waals surface area contributed by atoms with Crippen LogP contribution in [0.5, 0.6) is 0 Å². The Kier molecular flexibility index (Phi) is 3.79. The third-order valence-corrected chi connectivity index (χ3v) is 4.43. The van der Waals surface area contributed by atoms with Gasteiger partial charge in [0.2, 0.25) is 0 Å². The van der Waals surface area contributed by atoms with Crippen LogP contribution in [0.1, 0.15) is 13.8 Å². The van der Waals surface area contributed by atoms with Crippen molar-refractivity contribution in [3.05, 3.63) is 0 Å². The zero-order chi connectivity index (χ0) is 10.0. The second-order valence-electron chi connectivity index (χ2n) is 3.42. The van der Waals surface area contributed by atoms with Crippen LogP contribution in [0.4, 0.5) is 8.78 Å². The Hall–Kier alpha value is -0.0300.